The predicted octanol–water partition coefficient (Wildman–Crippen LogP) is 3.61. The zero-order valence-corrected chi connectivity index (χ0v) is 13.7. The molecule has 1 fully saturated rings. The standard InChI is InChI=1S/C18H21N5O/c1-11(24)18-22-15-10-21-17-14(7-9-20-17)16(15)23(18)13-4-2-12(3-5-13)6-8-19/h7,9-13,24H,2-6H2,1H3,(H,20,21)/t11-,12?,13?/m1/s1. The van der Waals surface area contributed by atoms with E-state index >= 15 is 0 Å². The number of H-pyrrole nitrogens is 1. The number of hydrogen-bond donors (Lipinski definition) is 2. The Morgan fingerprint density at radius 3 is 2.92 bits per heavy atom. The number of nitrogens with one attached hydrogen (secondary N) is 1. The molecule has 0 spiro atoms. The molecular formula is C18H21N5O. The van der Waals surface area contributed by atoms with E-state index in [2.05, 4.69) is 25.6 Å². The van der Waals surface area contributed by atoms with E-state index in [0.717, 1.165) is 47.8 Å². The number of aromatic amines is 1. The maximum absolute atomic E-state index is 10.2. The number of nitriles is 1. The molecule has 3 aromatic rings. The van der Waals surface area contributed by atoms with E-state index in [9.17, 15) is 5.11 Å². The predicted molar refractivity (Wildman–Crippen MR) is 91.2 cm³/mol. The molecule has 0 amide bonds. The van der Waals surface area contributed by atoms with E-state index in [4.69, 9.17) is 5.26 Å². The average Bonchev–Trinajstić information content (AvgIpc) is 3.19. The molecule has 4 rings (SSSR count). The van der Waals surface area contributed by atoms with Crippen LogP contribution in [0, 0.1) is 17.2 Å². The molecule has 0 saturated heterocycles. The molecule has 1 saturated carbocycles. The Balaban J connectivity index is 1.82. The first-order chi connectivity index (χ1) is 11.7. The summed E-state index contributed by atoms with van der Waals surface area (Å²) in [7, 11) is 0. The fourth-order valence-corrected chi connectivity index (χ4v) is 4.01. The SMILES string of the molecule is C[C@@H](O)c1nc2cnc3[nH]ccc3c2n1C1CCC(CC#N)CC1. The van der Waals surface area contributed by atoms with Gasteiger partial charge in [0, 0.05) is 24.0 Å². The second-order valence-corrected chi connectivity index (χ2v) is 6.78. The van der Waals surface area contributed by atoms with Gasteiger partial charge in [-0.15, -0.1) is 0 Å². The number of aromatic nitrogens is 4. The van der Waals surface area contributed by atoms with Crippen LogP contribution in [-0.4, -0.2) is 24.6 Å². The molecule has 0 radical (unpaired) electrons. The summed E-state index contributed by atoms with van der Waals surface area (Å²) in [4.78, 5) is 12.2. The molecule has 1 aliphatic rings. The van der Waals surface area contributed by atoms with Crippen molar-refractivity contribution in [2.24, 2.45) is 5.92 Å². The van der Waals surface area contributed by atoms with Crippen LogP contribution in [0.4, 0.5) is 0 Å². The maximum Gasteiger partial charge on any atom is 0.139 e. The molecule has 6 nitrogen and oxygen atoms in total. The fourth-order valence-electron chi connectivity index (χ4n) is 4.01. The third-order valence-electron chi connectivity index (χ3n) is 5.20. The van der Waals surface area contributed by atoms with Crippen LogP contribution in [0.25, 0.3) is 22.1 Å². The topological polar surface area (TPSA) is 90.5 Å². The Kier molecular flexibility index (Phi) is 3.73. The number of pyridine rings is 1. The van der Waals surface area contributed by atoms with Crippen molar-refractivity contribution in [3.63, 3.8) is 0 Å². The fraction of sp³-hybridized carbons (Fsp3) is 0.500. The van der Waals surface area contributed by atoms with Crippen molar-refractivity contribution in [3.8, 4) is 6.07 Å². The van der Waals surface area contributed by atoms with E-state index < -0.39 is 6.10 Å². The molecule has 24 heavy (non-hydrogen) atoms. The monoisotopic (exact) mass is 323 g/mol. The normalized spacial score (nSPS) is 22.7. The van der Waals surface area contributed by atoms with Crippen LogP contribution < -0.4 is 0 Å². The minimum atomic E-state index is -0.622. The smallest absolute Gasteiger partial charge is 0.139 e. The Morgan fingerprint density at radius 1 is 1.42 bits per heavy atom. The second-order valence-electron chi connectivity index (χ2n) is 6.78. The molecule has 3 heterocycles. The summed E-state index contributed by atoms with van der Waals surface area (Å²) in [6.45, 7) is 1.76. The zero-order chi connectivity index (χ0) is 16.7. The first kappa shape index (κ1) is 15.2. The number of nitrogens with zero attached hydrogens (tertiary/aromatic N) is 4. The molecular weight excluding hydrogens is 302 g/mol. The summed E-state index contributed by atoms with van der Waals surface area (Å²) in [5, 5.41) is 20.2. The molecule has 0 aliphatic heterocycles. The summed E-state index contributed by atoms with van der Waals surface area (Å²) >= 11 is 0. The van der Waals surface area contributed by atoms with Gasteiger partial charge >= 0.3 is 0 Å². The zero-order valence-electron chi connectivity index (χ0n) is 13.7. The quantitative estimate of drug-likeness (QED) is 0.770. The number of fused-ring (bicyclic) bond motifs is 3. The van der Waals surface area contributed by atoms with Crippen LogP contribution in [0.1, 0.15) is 57.0 Å². The van der Waals surface area contributed by atoms with Gasteiger partial charge in [0.1, 0.15) is 23.1 Å². The maximum atomic E-state index is 10.2. The lowest BCUT2D eigenvalue weighted by Gasteiger charge is -2.30. The molecule has 0 aromatic carbocycles. The number of imidazole rings is 1. The van der Waals surface area contributed by atoms with Crippen molar-refractivity contribution in [3.05, 3.63) is 24.3 Å². The second kappa shape index (κ2) is 5.91. The van der Waals surface area contributed by atoms with Crippen molar-refractivity contribution >= 4 is 22.1 Å². The van der Waals surface area contributed by atoms with Crippen LogP contribution in [0.15, 0.2) is 18.5 Å². The largest absolute Gasteiger partial charge is 0.385 e. The highest BCUT2D eigenvalue weighted by atomic mass is 16.3. The van der Waals surface area contributed by atoms with E-state index in [0.29, 0.717) is 24.2 Å². The average molecular weight is 323 g/mol. The number of rotatable bonds is 3. The molecule has 3 aromatic heterocycles. The van der Waals surface area contributed by atoms with E-state index in [1.807, 2.05) is 12.3 Å². The number of aliphatic hydroxyl groups excluding tert-OH is 1. The minimum absolute atomic E-state index is 0.315. The molecule has 0 bridgehead atoms. The van der Waals surface area contributed by atoms with E-state index in [1.54, 1.807) is 13.1 Å². The van der Waals surface area contributed by atoms with E-state index in [1.165, 1.54) is 0 Å². The summed E-state index contributed by atoms with van der Waals surface area (Å²) in [5.74, 6) is 1.22. The highest BCUT2D eigenvalue weighted by Crippen LogP contribution is 2.38. The lowest BCUT2D eigenvalue weighted by Crippen LogP contribution is -2.20. The van der Waals surface area contributed by atoms with Gasteiger partial charge in [0.05, 0.1) is 17.8 Å². The van der Waals surface area contributed by atoms with Crippen LogP contribution in [-0.2, 0) is 0 Å². The van der Waals surface area contributed by atoms with Gasteiger partial charge in [0.25, 0.3) is 0 Å². The van der Waals surface area contributed by atoms with Crippen molar-refractivity contribution in [1.29, 1.82) is 5.26 Å². The van der Waals surface area contributed by atoms with Gasteiger partial charge in [0.15, 0.2) is 0 Å². The van der Waals surface area contributed by atoms with E-state index in [-0.39, 0.29) is 0 Å². The highest BCUT2D eigenvalue weighted by molar-refractivity contribution is 6.01. The Morgan fingerprint density at radius 2 is 2.21 bits per heavy atom. The Hall–Kier alpha value is -2.39. The van der Waals surface area contributed by atoms with Crippen molar-refractivity contribution in [2.45, 2.75) is 51.2 Å². The van der Waals surface area contributed by atoms with Gasteiger partial charge in [-0.25, -0.2) is 9.97 Å². The van der Waals surface area contributed by atoms with Crippen molar-refractivity contribution in [1.82, 2.24) is 19.5 Å². The molecule has 0 unspecified atom stereocenters. The molecule has 6 heteroatoms. The van der Waals surface area contributed by atoms with Crippen molar-refractivity contribution in [2.75, 3.05) is 0 Å². The Labute approximate surface area is 140 Å². The minimum Gasteiger partial charge on any atom is -0.385 e. The highest BCUT2D eigenvalue weighted by Gasteiger charge is 2.27. The summed E-state index contributed by atoms with van der Waals surface area (Å²) < 4.78 is 2.22. The lowest BCUT2D eigenvalue weighted by molar-refractivity contribution is 0.175. The van der Waals surface area contributed by atoms with Crippen LogP contribution >= 0.6 is 0 Å². The van der Waals surface area contributed by atoms with Gasteiger partial charge in [-0.2, -0.15) is 5.26 Å². The Bertz CT molecular complexity index is 909. The van der Waals surface area contributed by atoms with Crippen LogP contribution in [0.5, 0.6) is 0 Å². The van der Waals surface area contributed by atoms with Gasteiger partial charge in [0.2, 0.25) is 0 Å². The van der Waals surface area contributed by atoms with Gasteiger partial charge in [-0.1, -0.05) is 0 Å². The lowest BCUT2D eigenvalue weighted by atomic mass is 9.84. The third-order valence-corrected chi connectivity index (χ3v) is 5.20. The summed E-state index contributed by atoms with van der Waals surface area (Å²) in [5.41, 5.74) is 2.73. The molecule has 124 valence electrons. The van der Waals surface area contributed by atoms with Crippen LogP contribution in [0.2, 0.25) is 0 Å². The summed E-state index contributed by atoms with van der Waals surface area (Å²) in [6, 6.07) is 4.63. The first-order valence-electron chi connectivity index (χ1n) is 8.58. The number of hydrogen-bond acceptors (Lipinski definition) is 4. The first-order valence-corrected chi connectivity index (χ1v) is 8.58. The van der Waals surface area contributed by atoms with Gasteiger partial charge in [-0.05, 0) is 44.6 Å². The van der Waals surface area contributed by atoms with Gasteiger partial charge < -0.3 is 14.7 Å². The molecule has 2 N–H and O–H groups in total. The summed E-state index contributed by atoms with van der Waals surface area (Å²) in [6.07, 6.45) is 7.84. The van der Waals surface area contributed by atoms with Crippen LogP contribution in [0.3, 0.4) is 0 Å². The molecule has 1 atom stereocenters. The molecule has 1 aliphatic carbocycles. The van der Waals surface area contributed by atoms with Crippen molar-refractivity contribution < 1.29 is 5.11 Å². The van der Waals surface area contributed by atoms with Gasteiger partial charge in [-0.3, -0.25) is 0 Å². The third kappa shape index (κ3) is 2.36. The number of aliphatic hydroxyl groups is 1.